The maximum atomic E-state index is 11.2. The number of primary amides is 1. The van der Waals surface area contributed by atoms with E-state index in [-0.39, 0.29) is 0 Å². The van der Waals surface area contributed by atoms with E-state index < -0.39 is 5.91 Å². The molecule has 1 aliphatic rings. The average molecular weight is 328 g/mol. The third kappa shape index (κ3) is 4.10. The highest BCUT2D eigenvalue weighted by molar-refractivity contribution is 5.92. The molecular weight excluding hydrogens is 304 g/mol. The molecule has 3 rings (SSSR count). The molecule has 1 saturated heterocycles. The van der Waals surface area contributed by atoms with Gasteiger partial charge < -0.3 is 10.6 Å². The standard InChI is InChI=1S/C17H24N6O/c18-16(24)15-9-7-14(8-10-15)13-23-17(19-20-21-23)22-11-5-3-1-2-4-6-12-22/h7-10H,1-6,11-13H2,(H2,18,24). The Morgan fingerprint density at radius 2 is 1.62 bits per heavy atom. The Balaban J connectivity index is 1.72. The molecule has 2 aromatic rings. The van der Waals surface area contributed by atoms with Gasteiger partial charge in [0.1, 0.15) is 0 Å². The van der Waals surface area contributed by atoms with Crippen LogP contribution in [0.2, 0.25) is 0 Å². The van der Waals surface area contributed by atoms with Crippen LogP contribution in [0.5, 0.6) is 0 Å². The lowest BCUT2D eigenvalue weighted by Gasteiger charge is -2.22. The van der Waals surface area contributed by atoms with Crippen LogP contribution in [0.25, 0.3) is 0 Å². The van der Waals surface area contributed by atoms with Crippen molar-refractivity contribution in [3.05, 3.63) is 35.4 Å². The van der Waals surface area contributed by atoms with Crippen molar-refractivity contribution in [3.63, 3.8) is 0 Å². The minimum atomic E-state index is -0.415. The SMILES string of the molecule is NC(=O)c1ccc(Cn2nnnc2N2CCCCCCCC2)cc1. The minimum Gasteiger partial charge on any atom is -0.366 e. The van der Waals surface area contributed by atoms with Gasteiger partial charge in [0.15, 0.2) is 0 Å². The van der Waals surface area contributed by atoms with Crippen molar-refractivity contribution in [2.75, 3.05) is 18.0 Å². The van der Waals surface area contributed by atoms with Gasteiger partial charge in [0.05, 0.1) is 6.54 Å². The van der Waals surface area contributed by atoms with Crippen LogP contribution in [-0.4, -0.2) is 39.2 Å². The predicted molar refractivity (Wildman–Crippen MR) is 91.8 cm³/mol. The molecule has 0 spiro atoms. The highest BCUT2D eigenvalue weighted by atomic mass is 16.1. The number of benzene rings is 1. The van der Waals surface area contributed by atoms with E-state index in [1.807, 2.05) is 16.8 Å². The van der Waals surface area contributed by atoms with E-state index in [2.05, 4.69) is 20.4 Å². The molecule has 7 nitrogen and oxygen atoms in total. The van der Waals surface area contributed by atoms with Crippen LogP contribution in [0.15, 0.2) is 24.3 Å². The number of nitrogens with two attached hydrogens (primary N) is 1. The second kappa shape index (κ2) is 7.90. The van der Waals surface area contributed by atoms with Crippen molar-refractivity contribution in [2.45, 2.75) is 45.1 Å². The number of nitrogens with zero attached hydrogens (tertiary/aromatic N) is 5. The molecule has 0 radical (unpaired) electrons. The first-order valence-electron chi connectivity index (χ1n) is 8.64. The summed E-state index contributed by atoms with van der Waals surface area (Å²) < 4.78 is 1.83. The summed E-state index contributed by atoms with van der Waals surface area (Å²) in [7, 11) is 0. The molecule has 0 atom stereocenters. The van der Waals surface area contributed by atoms with E-state index in [4.69, 9.17) is 5.73 Å². The van der Waals surface area contributed by atoms with E-state index in [9.17, 15) is 4.79 Å². The lowest BCUT2D eigenvalue weighted by atomic mass is 10.1. The topological polar surface area (TPSA) is 89.9 Å². The summed E-state index contributed by atoms with van der Waals surface area (Å²) in [5, 5.41) is 12.2. The van der Waals surface area contributed by atoms with Crippen molar-refractivity contribution < 1.29 is 4.79 Å². The maximum absolute atomic E-state index is 11.2. The summed E-state index contributed by atoms with van der Waals surface area (Å²) in [4.78, 5) is 13.5. The molecule has 0 bridgehead atoms. The Labute approximate surface area is 141 Å². The molecule has 1 aliphatic heterocycles. The fourth-order valence-corrected chi connectivity index (χ4v) is 3.10. The minimum absolute atomic E-state index is 0.415. The molecule has 7 heteroatoms. The largest absolute Gasteiger partial charge is 0.366 e. The van der Waals surface area contributed by atoms with Crippen molar-refractivity contribution in [1.82, 2.24) is 20.2 Å². The number of aromatic nitrogens is 4. The molecule has 2 N–H and O–H groups in total. The Morgan fingerprint density at radius 1 is 1.00 bits per heavy atom. The first-order valence-corrected chi connectivity index (χ1v) is 8.64. The summed E-state index contributed by atoms with van der Waals surface area (Å²) in [5.41, 5.74) is 6.83. The molecule has 0 unspecified atom stereocenters. The summed E-state index contributed by atoms with van der Waals surface area (Å²) in [6.45, 7) is 2.58. The molecule has 0 saturated carbocycles. The van der Waals surface area contributed by atoms with Gasteiger partial charge in [-0.25, -0.2) is 4.68 Å². The summed E-state index contributed by atoms with van der Waals surface area (Å²) >= 11 is 0. The summed E-state index contributed by atoms with van der Waals surface area (Å²) in [5.74, 6) is 0.414. The zero-order chi connectivity index (χ0) is 16.8. The fraction of sp³-hybridized carbons (Fsp3) is 0.529. The zero-order valence-corrected chi connectivity index (χ0v) is 13.9. The van der Waals surface area contributed by atoms with Crippen LogP contribution in [0, 0.1) is 0 Å². The van der Waals surface area contributed by atoms with Gasteiger partial charge in [0, 0.05) is 18.7 Å². The number of amides is 1. The quantitative estimate of drug-likeness (QED) is 0.927. The fourth-order valence-electron chi connectivity index (χ4n) is 3.10. The zero-order valence-electron chi connectivity index (χ0n) is 13.9. The number of carbonyl (C=O) groups is 1. The molecule has 1 fully saturated rings. The summed E-state index contributed by atoms with van der Waals surface area (Å²) in [6, 6.07) is 7.26. The lowest BCUT2D eigenvalue weighted by molar-refractivity contribution is 0.100. The number of anilines is 1. The first kappa shape index (κ1) is 16.4. The highest BCUT2D eigenvalue weighted by Gasteiger charge is 2.16. The second-order valence-electron chi connectivity index (χ2n) is 6.31. The van der Waals surface area contributed by atoms with Crippen LogP contribution in [0.1, 0.15) is 54.4 Å². The van der Waals surface area contributed by atoms with E-state index in [1.165, 1.54) is 38.5 Å². The normalized spacial score (nSPS) is 16.2. The number of tetrazole rings is 1. The van der Waals surface area contributed by atoms with Gasteiger partial charge in [-0.05, 0) is 41.0 Å². The third-order valence-electron chi connectivity index (χ3n) is 4.47. The van der Waals surface area contributed by atoms with Gasteiger partial charge in [0.2, 0.25) is 11.9 Å². The maximum Gasteiger partial charge on any atom is 0.248 e. The molecule has 2 heterocycles. The van der Waals surface area contributed by atoms with Crippen molar-refractivity contribution in [2.24, 2.45) is 5.73 Å². The van der Waals surface area contributed by atoms with Gasteiger partial charge in [0.25, 0.3) is 0 Å². The Kier molecular flexibility index (Phi) is 5.40. The predicted octanol–water partition coefficient (Wildman–Crippen LogP) is 1.98. The van der Waals surface area contributed by atoms with Crippen LogP contribution in [0.4, 0.5) is 5.95 Å². The van der Waals surface area contributed by atoms with E-state index in [1.54, 1.807) is 12.1 Å². The van der Waals surface area contributed by atoms with Crippen molar-refractivity contribution in [1.29, 1.82) is 0 Å². The summed E-state index contributed by atoms with van der Waals surface area (Å²) in [6.07, 6.45) is 7.55. The number of hydrogen-bond acceptors (Lipinski definition) is 5. The number of rotatable bonds is 4. The lowest BCUT2D eigenvalue weighted by Crippen LogP contribution is -2.29. The molecule has 0 aliphatic carbocycles. The number of hydrogen-bond donors (Lipinski definition) is 1. The third-order valence-corrected chi connectivity index (χ3v) is 4.47. The monoisotopic (exact) mass is 328 g/mol. The Bertz CT molecular complexity index is 656. The molecule has 1 amide bonds. The van der Waals surface area contributed by atoms with E-state index in [0.29, 0.717) is 12.1 Å². The van der Waals surface area contributed by atoms with Gasteiger partial charge >= 0.3 is 0 Å². The molecule has 1 aromatic carbocycles. The van der Waals surface area contributed by atoms with E-state index in [0.717, 1.165) is 24.6 Å². The second-order valence-corrected chi connectivity index (χ2v) is 6.31. The van der Waals surface area contributed by atoms with Crippen LogP contribution >= 0.6 is 0 Å². The molecule has 1 aromatic heterocycles. The van der Waals surface area contributed by atoms with E-state index >= 15 is 0 Å². The van der Waals surface area contributed by atoms with Gasteiger partial charge in [-0.1, -0.05) is 42.9 Å². The van der Waals surface area contributed by atoms with Crippen LogP contribution in [0.3, 0.4) is 0 Å². The Morgan fingerprint density at radius 3 is 2.25 bits per heavy atom. The highest BCUT2D eigenvalue weighted by Crippen LogP contribution is 2.17. The van der Waals surface area contributed by atoms with Gasteiger partial charge in [-0.15, -0.1) is 0 Å². The molecular formula is C17H24N6O. The molecule has 128 valence electrons. The van der Waals surface area contributed by atoms with Crippen molar-refractivity contribution in [3.8, 4) is 0 Å². The van der Waals surface area contributed by atoms with Gasteiger partial charge in [-0.3, -0.25) is 4.79 Å². The van der Waals surface area contributed by atoms with Crippen LogP contribution in [-0.2, 0) is 6.54 Å². The van der Waals surface area contributed by atoms with Crippen molar-refractivity contribution >= 4 is 11.9 Å². The Hall–Kier alpha value is -2.44. The van der Waals surface area contributed by atoms with Gasteiger partial charge in [-0.2, -0.15) is 0 Å². The molecule has 24 heavy (non-hydrogen) atoms. The van der Waals surface area contributed by atoms with Crippen LogP contribution < -0.4 is 10.6 Å². The first-order chi connectivity index (χ1) is 11.7. The average Bonchev–Trinajstić information content (AvgIpc) is 3.07. The number of carbonyl (C=O) groups excluding carboxylic acids is 1. The smallest absolute Gasteiger partial charge is 0.248 e.